The topological polar surface area (TPSA) is 29.0 Å². The molecule has 3 nitrogen and oxygen atoms in total. The largest absolute Gasteiger partial charge is 0.356 e. The molecule has 0 aliphatic carbocycles. The number of piperidine rings is 1. The summed E-state index contributed by atoms with van der Waals surface area (Å²) in [4.78, 5) is 10.9. The molecule has 0 aromatic carbocycles. The first-order chi connectivity index (χ1) is 8.06. The maximum Gasteiger partial charge on any atom is 0.134 e. The minimum Gasteiger partial charge on any atom is -0.356 e. The lowest BCUT2D eigenvalue weighted by atomic mass is 9.87. The highest BCUT2D eigenvalue weighted by molar-refractivity contribution is 6.29. The van der Waals surface area contributed by atoms with E-state index in [9.17, 15) is 0 Å². The van der Waals surface area contributed by atoms with E-state index in [0.29, 0.717) is 5.15 Å². The minimum absolute atomic E-state index is 0.540. The van der Waals surface area contributed by atoms with Crippen molar-refractivity contribution in [2.75, 3.05) is 18.0 Å². The summed E-state index contributed by atoms with van der Waals surface area (Å²) in [5.74, 6) is 3.36. The Kier molecular flexibility index (Phi) is 3.87. The molecule has 0 spiro atoms. The van der Waals surface area contributed by atoms with Crippen LogP contribution in [0.4, 0.5) is 5.82 Å². The smallest absolute Gasteiger partial charge is 0.134 e. The predicted octanol–water partition coefficient (Wildman–Crippen LogP) is 3.31. The van der Waals surface area contributed by atoms with Gasteiger partial charge in [0.15, 0.2) is 0 Å². The quantitative estimate of drug-likeness (QED) is 0.758. The van der Waals surface area contributed by atoms with Crippen molar-refractivity contribution in [1.29, 1.82) is 0 Å². The third-order valence-corrected chi connectivity index (χ3v) is 3.79. The number of halogens is 1. The van der Waals surface area contributed by atoms with Crippen molar-refractivity contribution in [3.05, 3.63) is 17.0 Å². The van der Waals surface area contributed by atoms with Gasteiger partial charge in [0.1, 0.15) is 16.8 Å². The highest BCUT2D eigenvalue weighted by Gasteiger charge is 2.22. The van der Waals surface area contributed by atoms with Gasteiger partial charge < -0.3 is 4.90 Å². The molecular weight excluding hydrogens is 234 g/mol. The van der Waals surface area contributed by atoms with E-state index in [0.717, 1.165) is 36.6 Å². The molecule has 0 unspecified atom stereocenters. The summed E-state index contributed by atoms with van der Waals surface area (Å²) in [5.41, 5.74) is 0. The third kappa shape index (κ3) is 3.09. The zero-order valence-corrected chi connectivity index (χ0v) is 11.5. The molecule has 2 heterocycles. The van der Waals surface area contributed by atoms with Crippen LogP contribution in [0.2, 0.25) is 5.15 Å². The van der Waals surface area contributed by atoms with E-state index in [1.165, 1.54) is 12.8 Å². The van der Waals surface area contributed by atoms with Gasteiger partial charge in [-0.25, -0.2) is 9.97 Å². The van der Waals surface area contributed by atoms with Crippen LogP contribution in [0, 0.1) is 18.8 Å². The van der Waals surface area contributed by atoms with Crippen molar-refractivity contribution < 1.29 is 0 Å². The van der Waals surface area contributed by atoms with Crippen molar-refractivity contribution in [3.8, 4) is 0 Å². The number of nitrogens with zero attached hydrogens (tertiary/aromatic N) is 3. The van der Waals surface area contributed by atoms with Crippen LogP contribution in [0.3, 0.4) is 0 Å². The molecule has 1 saturated heterocycles. The second kappa shape index (κ2) is 5.21. The minimum atomic E-state index is 0.540. The van der Waals surface area contributed by atoms with Crippen molar-refractivity contribution in [2.45, 2.75) is 33.6 Å². The number of aryl methyl sites for hydroxylation is 1. The van der Waals surface area contributed by atoms with Gasteiger partial charge >= 0.3 is 0 Å². The van der Waals surface area contributed by atoms with Crippen molar-refractivity contribution in [2.24, 2.45) is 11.8 Å². The van der Waals surface area contributed by atoms with Gasteiger partial charge in [-0.2, -0.15) is 0 Å². The Morgan fingerprint density at radius 2 is 1.94 bits per heavy atom. The molecule has 0 radical (unpaired) electrons. The SMILES string of the molecule is Cc1nc(Cl)cc(N2CCC(C(C)C)CC2)n1. The second-order valence-corrected chi connectivity index (χ2v) is 5.55. The molecule has 1 aliphatic rings. The molecule has 2 rings (SSSR count). The van der Waals surface area contributed by atoms with Crippen LogP contribution in [0.5, 0.6) is 0 Å². The summed E-state index contributed by atoms with van der Waals surface area (Å²) in [6.45, 7) is 8.67. The zero-order valence-electron chi connectivity index (χ0n) is 10.8. The Hall–Kier alpha value is -0.830. The standard InChI is InChI=1S/C13H20ClN3/c1-9(2)11-4-6-17(7-5-11)13-8-12(14)15-10(3)16-13/h8-9,11H,4-7H2,1-3H3. The predicted molar refractivity (Wildman–Crippen MR) is 71.6 cm³/mol. The van der Waals surface area contributed by atoms with E-state index in [1.54, 1.807) is 0 Å². The number of anilines is 1. The molecule has 0 bridgehead atoms. The fraction of sp³-hybridized carbons (Fsp3) is 0.692. The summed E-state index contributed by atoms with van der Waals surface area (Å²) in [6, 6.07) is 1.87. The maximum atomic E-state index is 5.97. The highest BCUT2D eigenvalue weighted by atomic mass is 35.5. The van der Waals surface area contributed by atoms with Crippen LogP contribution in [0.15, 0.2) is 6.07 Å². The second-order valence-electron chi connectivity index (χ2n) is 5.16. The van der Waals surface area contributed by atoms with Crippen LogP contribution in [0.1, 0.15) is 32.5 Å². The molecular formula is C13H20ClN3. The van der Waals surface area contributed by atoms with Gasteiger partial charge in [-0.3, -0.25) is 0 Å². The number of hydrogen-bond acceptors (Lipinski definition) is 3. The van der Waals surface area contributed by atoms with E-state index in [-0.39, 0.29) is 0 Å². The Labute approximate surface area is 108 Å². The Morgan fingerprint density at radius 1 is 1.29 bits per heavy atom. The molecule has 1 fully saturated rings. The van der Waals surface area contributed by atoms with Crippen LogP contribution in [-0.2, 0) is 0 Å². The average Bonchev–Trinajstić information content (AvgIpc) is 2.28. The summed E-state index contributed by atoms with van der Waals surface area (Å²) in [5, 5.41) is 0.540. The van der Waals surface area contributed by atoms with Crippen LogP contribution in [-0.4, -0.2) is 23.1 Å². The zero-order chi connectivity index (χ0) is 12.4. The fourth-order valence-electron chi connectivity index (χ4n) is 2.47. The van der Waals surface area contributed by atoms with Crippen molar-refractivity contribution in [1.82, 2.24) is 9.97 Å². The third-order valence-electron chi connectivity index (χ3n) is 3.60. The molecule has 1 aromatic rings. The molecule has 4 heteroatoms. The first-order valence-corrected chi connectivity index (χ1v) is 6.70. The Bertz CT molecular complexity index is 364. The van der Waals surface area contributed by atoms with Crippen LogP contribution in [0.25, 0.3) is 0 Å². The molecule has 1 aromatic heterocycles. The Morgan fingerprint density at radius 3 is 2.47 bits per heavy atom. The molecule has 0 saturated carbocycles. The van der Waals surface area contributed by atoms with Gasteiger partial charge in [-0.1, -0.05) is 25.4 Å². The first-order valence-electron chi connectivity index (χ1n) is 6.32. The van der Waals surface area contributed by atoms with Gasteiger partial charge in [-0.15, -0.1) is 0 Å². The molecule has 17 heavy (non-hydrogen) atoms. The number of hydrogen-bond donors (Lipinski definition) is 0. The first kappa shape index (κ1) is 12.6. The van der Waals surface area contributed by atoms with Gasteiger partial charge in [0, 0.05) is 19.2 Å². The molecule has 1 aliphatic heterocycles. The lowest BCUT2D eigenvalue weighted by molar-refractivity contribution is 0.310. The highest BCUT2D eigenvalue weighted by Crippen LogP contribution is 2.27. The average molecular weight is 254 g/mol. The van der Waals surface area contributed by atoms with Gasteiger partial charge in [0.05, 0.1) is 0 Å². The summed E-state index contributed by atoms with van der Waals surface area (Å²) in [7, 11) is 0. The van der Waals surface area contributed by atoms with Crippen molar-refractivity contribution in [3.63, 3.8) is 0 Å². The van der Waals surface area contributed by atoms with E-state index in [2.05, 4.69) is 28.7 Å². The van der Waals surface area contributed by atoms with Gasteiger partial charge in [0.25, 0.3) is 0 Å². The lowest BCUT2D eigenvalue weighted by Crippen LogP contribution is -2.35. The molecule has 0 atom stereocenters. The van der Waals surface area contributed by atoms with E-state index in [4.69, 9.17) is 11.6 Å². The fourth-order valence-corrected chi connectivity index (χ4v) is 2.69. The van der Waals surface area contributed by atoms with E-state index >= 15 is 0 Å². The summed E-state index contributed by atoms with van der Waals surface area (Å²) in [6.07, 6.45) is 2.50. The Balaban J connectivity index is 2.05. The summed E-state index contributed by atoms with van der Waals surface area (Å²) < 4.78 is 0. The number of aromatic nitrogens is 2. The molecule has 0 N–H and O–H groups in total. The summed E-state index contributed by atoms with van der Waals surface area (Å²) >= 11 is 5.97. The molecule has 0 amide bonds. The normalized spacial score (nSPS) is 17.8. The van der Waals surface area contributed by atoms with Crippen molar-refractivity contribution >= 4 is 17.4 Å². The van der Waals surface area contributed by atoms with E-state index < -0.39 is 0 Å². The lowest BCUT2D eigenvalue weighted by Gasteiger charge is -2.34. The molecule has 94 valence electrons. The van der Waals surface area contributed by atoms with Crippen LogP contribution < -0.4 is 4.90 Å². The van der Waals surface area contributed by atoms with Crippen LogP contribution >= 0.6 is 11.6 Å². The number of rotatable bonds is 2. The monoisotopic (exact) mass is 253 g/mol. The van der Waals surface area contributed by atoms with Gasteiger partial charge in [-0.05, 0) is 31.6 Å². The van der Waals surface area contributed by atoms with E-state index in [1.807, 2.05) is 13.0 Å². The maximum absolute atomic E-state index is 5.97. The van der Waals surface area contributed by atoms with Gasteiger partial charge in [0.2, 0.25) is 0 Å².